The molecule has 1 saturated carbocycles. The summed E-state index contributed by atoms with van der Waals surface area (Å²) in [7, 11) is 0. The molecule has 1 heterocycles. The maximum atomic E-state index is 5.96. The average molecular weight is 268 g/mol. The Kier molecular flexibility index (Phi) is 5.27. The van der Waals surface area contributed by atoms with Gasteiger partial charge >= 0.3 is 0 Å². The standard InChI is InChI=1S/C16H32N2O/c1-13(9-10-17-16(2,3)4)18-11-12-19-15-8-6-5-7-14(15)18/h13-15,17H,5-12H2,1-4H3. The monoisotopic (exact) mass is 268 g/mol. The number of hydrogen-bond acceptors (Lipinski definition) is 3. The Hall–Kier alpha value is -0.120. The van der Waals surface area contributed by atoms with E-state index in [-0.39, 0.29) is 5.54 Å². The van der Waals surface area contributed by atoms with Gasteiger partial charge in [0.25, 0.3) is 0 Å². The molecule has 0 aromatic heterocycles. The lowest BCUT2D eigenvalue weighted by atomic mass is 9.89. The highest BCUT2D eigenvalue weighted by molar-refractivity contribution is 4.89. The van der Waals surface area contributed by atoms with Gasteiger partial charge in [-0.1, -0.05) is 12.8 Å². The normalized spacial score (nSPS) is 30.9. The molecule has 0 spiro atoms. The highest BCUT2D eigenvalue weighted by atomic mass is 16.5. The number of rotatable bonds is 4. The molecule has 112 valence electrons. The maximum absolute atomic E-state index is 5.96. The molecule has 3 heteroatoms. The lowest BCUT2D eigenvalue weighted by molar-refractivity contribution is -0.101. The van der Waals surface area contributed by atoms with Gasteiger partial charge in [-0.05, 0) is 53.5 Å². The molecule has 1 aliphatic carbocycles. The number of fused-ring (bicyclic) bond motifs is 1. The summed E-state index contributed by atoms with van der Waals surface area (Å²) < 4.78 is 5.96. The van der Waals surface area contributed by atoms with Crippen LogP contribution in [0, 0.1) is 0 Å². The Morgan fingerprint density at radius 1 is 1.26 bits per heavy atom. The number of morpholine rings is 1. The van der Waals surface area contributed by atoms with Gasteiger partial charge in [0.2, 0.25) is 0 Å². The van der Waals surface area contributed by atoms with Crippen LogP contribution in [0.25, 0.3) is 0 Å². The molecular formula is C16H32N2O. The zero-order valence-electron chi connectivity index (χ0n) is 13.2. The van der Waals surface area contributed by atoms with Crippen LogP contribution in [0.3, 0.4) is 0 Å². The van der Waals surface area contributed by atoms with Gasteiger partial charge in [0, 0.05) is 24.2 Å². The summed E-state index contributed by atoms with van der Waals surface area (Å²) in [6.07, 6.45) is 7.10. The third kappa shape index (κ3) is 4.44. The van der Waals surface area contributed by atoms with Crippen LogP contribution >= 0.6 is 0 Å². The van der Waals surface area contributed by atoms with Gasteiger partial charge in [0.1, 0.15) is 0 Å². The van der Waals surface area contributed by atoms with Gasteiger partial charge in [-0.25, -0.2) is 0 Å². The van der Waals surface area contributed by atoms with Crippen LogP contribution in [-0.2, 0) is 4.74 Å². The van der Waals surface area contributed by atoms with E-state index >= 15 is 0 Å². The van der Waals surface area contributed by atoms with Crippen molar-refractivity contribution < 1.29 is 4.74 Å². The summed E-state index contributed by atoms with van der Waals surface area (Å²) in [5, 5.41) is 3.61. The van der Waals surface area contributed by atoms with Crippen molar-refractivity contribution in [1.29, 1.82) is 0 Å². The molecule has 0 bridgehead atoms. The van der Waals surface area contributed by atoms with Crippen molar-refractivity contribution in [2.75, 3.05) is 19.7 Å². The zero-order valence-corrected chi connectivity index (χ0v) is 13.2. The van der Waals surface area contributed by atoms with E-state index in [1.165, 1.54) is 32.1 Å². The van der Waals surface area contributed by atoms with Crippen LogP contribution in [0.4, 0.5) is 0 Å². The molecule has 19 heavy (non-hydrogen) atoms. The lowest BCUT2D eigenvalue weighted by Crippen LogP contribution is -2.56. The minimum absolute atomic E-state index is 0.234. The SMILES string of the molecule is CC(CCNC(C)(C)C)N1CCOC2CCCCC21. The molecule has 2 fully saturated rings. The van der Waals surface area contributed by atoms with Gasteiger partial charge in [0.15, 0.2) is 0 Å². The fraction of sp³-hybridized carbons (Fsp3) is 1.00. The third-order valence-corrected chi connectivity index (χ3v) is 4.56. The topological polar surface area (TPSA) is 24.5 Å². The molecule has 3 nitrogen and oxygen atoms in total. The highest BCUT2D eigenvalue weighted by Gasteiger charge is 2.36. The first-order chi connectivity index (χ1) is 8.97. The van der Waals surface area contributed by atoms with Gasteiger partial charge in [-0.15, -0.1) is 0 Å². The number of nitrogens with one attached hydrogen (secondary N) is 1. The maximum Gasteiger partial charge on any atom is 0.0731 e. The molecule has 0 aromatic carbocycles. The van der Waals surface area contributed by atoms with E-state index in [4.69, 9.17) is 4.74 Å². The first-order valence-corrected chi connectivity index (χ1v) is 8.10. The summed E-state index contributed by atoms with van der Waals surface area (Å²) in [6, 6.07) is 1.36. The second kappa shape index (κ2) is 6.55. The molecule has 1 saturated heterocycles. The smallest absolute Gasteiger partial charge is 0.0731 e. The second-order valence-corrected chi connectivity index (χ2v) is 7.31. The minimum atomic E-state index is 0.234. The van der Waals surface area contributed by atoms with E-state index in [0.717, 1.165) is 19.7 Å². The van der Waals surface area contributed by atoms with Gasteiger partial charge in [-0.3, -0.25) is 4.90 Å². The zero-order chi connectivity index (χ0) is 13.9. The Morgan fingerprint density at radius 3 is 2.74 bits per heavy atom. The van der Waals surface area contributed by atoms with Crippen LogP contribution in [-0.4, -0.2) is 48.3 Å². The average Bonchev–Trinajstić information content (AvgIpc) is 2.36. The molecule has 3 unspecified atom stereocenters. The van der Waals surface area contributed by atoms with Gasteiger partial charge in [-0.2, -0.15) is 0 Å². The molecule has 1 aliphatic heterocycles. The van der Waals surface area contributed by atoms with E-state index in [2.05, 4.69) is 37.9 Å². The Morgan fingerprint density at radius 2 is 2.00 bits per heavy atom. The number of nitrogens with zero attached hydrogens (tertiary/aromatic N) is 1. The second-order valence-electron chi connectivity index (χ2n) is 7.31. The fourth-order valence-corrected chi connectivity index (χ4v) is 3.50. The van der Waals surface area contributed by atoms with Crippen LogP contribution in [0.15, 0.2) is 0 Å². The van der Waals surface area contributed by atoms with E-state index in [1.807, 2.05) is 0 Å². The minimum Gasteiger partial charge on any atom is -0.375 e. The number of ether oxygens (including phenoxy) is 1. The molecular weight excluding hydrogens is 236 g/mol. The van der Waals surface area contributed by atoms with Crippen molar-refractivity contribution in [2.45, 2.75) is 83.5 Å². The largest absolute Gasteiger partial charge is 0.375 e. The first-order valence-electron chi connectivity index (χ1n) is 8.10. The van der Waals surface area contributed by atoms with E-state index in [9.17, 15) is 0 Å². The third-order valence-electron chi connectivity index (χ3n) is 4.56. The summed E-state index contributed by atoms with van der Waals surface area (Å²) in [5.41, 5.74) is 0.234. The predicted molar refractivity (Wildman–Crippen MR) is 80.5 cm³/mol. The molecule has 2 aliphatic rings. The van der Waals surface area contributed by atoms with Gasteiger partial charge < -0.3 is 10.1 Å². The Balaban J connectivity index is 1.81. The van der Waals surface area contributed by atoms with Crippen molar-refractivity contribution in [1.82, 2.24) is 10.2 Å². The number of hydrogen-bond donors (Lipinski definition) is 1. The van der Waals surface area contributed by atoms with E-state index in [1.54, 1.807) is 0 Å². The summed E-state index contributed by atoms with van der Waals surface area (Å²) >= 11 is 0. The Labute approximate surface area is 119 Å². The van der Waals surface area contributed by atoms with Crippen LogP contribution in [0.2, 0.25) is 0 Å². The first kappa shape index (κ1) is 15.3. The van der Waals surface area contributed by atoms with E-state index < -0.39 is 0 Å². The van der Waals surface area contributed by atoms with Crippen molar-refractivity contribution in [3.8, 4) is 0 Å². The molecule has 0 radical (unpaired) electrons. The Bertz CT molecular complexity index is 272. The lowest BCUT2D eigenvalue weighted by Gasteiger charge is -2.46. The molecule has 2 rings (SSSR count). The van der Waals surface area contributed by atoms with Crippen LogP contribution in [0.5, 0.6) is 0 Å². The quantitative estimate of drug-likeness (QED) is 0.848. The molecule has 1 N–H and O–H groups in total. The van der Waals surface area contributed by atoms with Crippen molar-refractivity contribution in [3.63, 3.8) is 0 Å². The van der Waals surface area contributed by atoms with Crippen LogP contribution < -0.4 is 5.32 Å². The van der Waals surface area contributed by atoms with Crippen molar-refractivity contribution >= 4 is 0 Å². The van der Waals surface area contributed by atoms with Gasteiger partial charge in [0.05, 0.1) is 12.7 Å². The summed E-state index contributed by atoms with van der Waals surface area (Å²) in [6.45, 7) is 12.3. The van der Waals surface area contributed by atoms with E-state index in [0.29, 0.717) is 18.2 Å². The van der Waals surface area contributed by atoms with Crippen LogP contribution in [0.1, 0.15) is 59.8 Å². The van der Waals surface area contributed by atoms with Crippen molar-refractivity contribution in [2.24, 2.45) is 0 Å². The molecule has 0 amide bonds. The summed E-state index contributed by atoms with van der Waals surface area (Å²) in [4.78, 5) is 2.72. The summed E-state index contributed by atoms with van der Waals surface area (Å²) in [5.74, 6) is 0. The predicted octanol–water partition coefficient (Wildman–Crippen LogP) is 2.80. The fourth-order valence-electron chi connectivity index (χ4n) is 3.50. The highest BCUT2D eigenvalue weighted by Crippen LogP contribution is 2.30. The molecule has 0 aromatic rings. The molecule has 3 atom stereocenters. The van der Waals surface area contributed by atoms with Crippen molar-refractivity contribution in [3.05, 3.63) is 0 Å².